The van der Waals surface area contributed by atoms with Gasteiger partial charge in [0.25, 0.3) is 0 Å². The first-order valence-corrected chi connectivity index (χ1v) is 7.54. The molecule has 0 saturated heterocycles. The van der Waals surface area contributed by atoms with E-state index in [4.69, 9.17) is 5.73 Å². The van der Waals surface area contributed by atoms with Crippen molar-refractivity contribution >= 4 is 0 Å². The number of nitrogens with zero attached hydrogens (tertiary/aromatic N) is 1. The van der Waals surface area contributed by atoms with Gasteiger partial charge >= 0.3 is 0 Å². The van der Waals surface area contributed by atoms with E-state index in [2.05, 4.69) is 25.7 Å². The molecule has 0 aromatic heterocycles. The van der Waals surface area contributed by atoms with Crippen LogP contribution in [0.1, 0.15) is 59.3 Å². The van der Waals surface area contributed by atoms with Crippen LogP contribution in [0, 0.1) is 11.3 Å². The van der Waals surface area contributed by atoms with E-state index in [-0.39, 0.29) is 0 Å². The van der Waals surface area contributed by atoms with E-state index in [1.54, 1.807) is 0 Å². The largest absolute Gasteiger partial charge is 0.326 e. The van der Waals surface area contributed by atoms with Crippen molar-refractivity contribution in [2.45, 2.75) is 71.4 Å². The molecule has 0 bridgehead atoms. The number of hydrogen-bond donors (Lipinski definition) is 1. The molecule has 100 valence electrons. The lowest BCUT2D eigenvalue weighted by atomic mass is 9.70. The second-order valence-electron chi connectivity index (χ2n) is 6.86. The van der Waals surface area contributed by atoms with Crippen LogP contribution >= 0.6 is 0 Å². The van der Waals surface area contributed by atoms with Crippen LogP contribution in [0.3, 0.4) is 0 Å². The number of likely N-dealkylation sites (N-methyl/N-ethyl adjacent to an activating group) is 1. The third-order valence-corrected chi connectivity index (χ3v) is 5.23. The summed E-state index contributed by atoms with van der Waals surface area (Å²) in [6, 6.07) is 0.987. The van der Waals surface area contributed by atoms with Crippen LogP contribution in [-0.4, -0.2) is 30.1 Å². The van der Waals surface area contributed by atoms with E-state index in [0.29, 0.717) is 17.5 Å². The average molecular weight is 238 g/mol. The molecule has 0 radical (unpaired) electrons. The van der Waals surface area contributed by atoms with Crippen LogP contribution in [0.4, 0.5) is 0 Å². The minimum atomic E-state index is 0.329. The Morgan fingerprint density at radius 3 is 2.41 bits per heavy atom. The summed E-state index contributed by atoms with van der Waals surface area (Å²) in [5.41, 5.74) is 6.86. The quantitative estimate of drug-likeness (QED) is 0.816. The van der Waals surface area contributed by atoms with Crippen LogP contribution in [0.2, 0.25) is 0 Å². The smallest absolute Gasteiger partial charge is 0.0252 e. The molecule has 2 heteroatoms. The molecule has 17 heavy (non-hydrogen) atoms. The van der Waals surface area contributed by atoms with E-state index in [1.807, 2.05) is 0 Å². The average Bonchev–Trinajstić information content (AvgIpc) is 2.22. The maximum Gasteiger partial charge on any atom is 0.0252 e. The molecule has 0 aliphatic heterocycles. The van der Waals surface area contributed by atoms with Gasteiger partial charge in [-0.3, -0.25) is 4.90 Å². The highest BCUT2D eigenvalue weighted by atomic mass is 15.2. The maximum absolute atomic E-state index is 6.53. The van der Waals surface area contributed by atoms with Gasteiger partial charge < -0.3 is 5.73 Å². The fraction of sp³-hybridized carbons (Fsp3) is 1.00. The lowest BCUT2D eigenvalue weighted by Crippen LogP contribution is -2.57. The summed E-state index contributed by atoms with van der Waals surface area (Å²) in [4.78, 5) is 2.68. The van der Waals surface area contributed by atoms with Crippen molar-refractivity contribution in [1.29, 1.82) is 0 Å². The van der Waals surface area contributed by atoms with E-state index >= 15 is 0 Å². The molecular formula is C15H30N2. The SMILES string of the molecule is CCN(CC1CCC1)C1CCCC(C)(C)C1N. The van der Waals surface area contributed by atoms with Gasteiger partial charge in [-0.15, -0.1) is 0 Å². The molecule has 2 rings (SSSR count). The highest BCUT2D eigenvalue weighted by molar-refractivity contribution is 4.96. The van der Waals surface area contributed by atoms with E-state index < -0.39 is 0 Å². The molecule has 2 atom stereocenters. The molecule has 2 aliphatic carbocycles. The minimum Gasteiger partial charge on any atom is -0.326 e. The molecule has 2 unspecified atom stereocenters. The van der Waals surface area contributed by atoms with Gasteiger partial charge in [0.1, 0.15) is 0 Å². The fourth-order valence-corrected chi connectivity index (χ4v) is 3.55. The molecule has 2 aliphatic rings. The predicted octanol–water partition coefficient (Wildman–Crippen LogP) is 3.01. The van der Waals surface area contributed by atoms with Crippen molar-refractivity contribution in [2.75, 3.05) is 13.1 Å². The summed E-state index contributed by atoms with van der Waals surface area (Å²) < 4.78 is 0. The first-order valence-electron chi connectivity index (χ1n) is 7.54. The molecule has 0 heterocycles. The van der Waals surface area contributed by atoms with Gasteiger partial charge in [0.05, 0.1) is 0 Å². The minimum absolute atomic E-state index is 0.329. The summed E-state index contributed by atoms with van der Waals surface area (Å²) in [5.74, 6) is 0.965. The maximum atomic E-state index is 6.53. The Morgan fingerprint density at radius 2 is 1.88 bits per heavy atom. The lowest BCUT2D eigenvalue weighted by molar-refractivity contribution is 0.0504. The number of nitrogens with two attached hydrogens (primary N) is 1. The first kappa shape index (κ1) is 13.4. The molecular weight excluding hydrogens is 208 g/mol. The molecule has 2 saturated carbocycles. The van der Waals surface area contributed by atoms with Crippen molar-refractivity contribution in [1.82, 2.24) is 4.90 Å². The van der Waals surface area contributed by atoms with Crippen LogP contribution in [-0.2, 0) is 0 Å². The van der Waals surface area contributed by atoms with Gasteiger partial charge in [-0.25, -0.2) is 0 Å². The Bertz CT molecular complexity index is 245. The molecule has 0 aromatic carbocycles. The van der Waals surface area contributed by atoms with Gasteiger partial charge in [0.2, 0.25) is 0 Å². The van der Waals surface area contributed by atoms with Crippen molar-refractivity contribution < 1.29 is 0 Å². The Kier molecular flexibility index (Phi) is 4.14. The zero-order chi connectivity index (χ0) is 12.5. The van der Waals surface area contributed by atoms with Crippen molar-refractivity contribution in [3.8, 4) is 0 Å². The summed E-state index contributed by atoms with van der Waals surface area (Å²) in [6.45, 7) is 9.46. The first-order chi connectivity index (χ1) is 8.04. The molecule has 0 amide bonds. The molecule has 0 aromatic rings. The lowest BCUT2D eigenvalue weighted by Gasteiger charge is -2.47. The van der Waals surface area contributed by atoms with Crippen molar-refractivity contribution in [2.24, 2.45) is 17.1 Å². The van der Waals surface area contributed by atoms with Gasteiger partial charge in [-0.05, 0) is 43.6 Å². The third kappa shape index (κ3) is 2.85. The molecule has 0 spiro atoms. The summed E-state index contributed by atoms with van der Waals surface area (Å²) in [7, 11) is 0. The van der Waals surface area contributed by atoms with E-state index in [0.717, 1.165) is 5.92 Å². The van der Waals surface area contributed by atoms with E-state index in [1.165, 1.54) is 51.6 Å². The highest BCUT2D eigenvalue weighted by Crippen LogP contribution is 2.37. The zero-order valence-corrected chi connectivity index (χ0v) is 11.9. The monoisotopic (exact) mass is 238 g/mol. The van der Waals surface area contributed by atoms with Crippen LogP contribution in [0.15, 0.2) is 0 Å². The number of rotatable bonds is 4. The molecule has 2 N–H and O–H groups in total. The van der Waals surface area contributed by atoms with Crippen LogP contribution in [0.5, 0.6) is 0 Å². The topological polar surface area (TPSA) is 29.3 Å². The molecule has 2 nitrogen and oxygen atoms in total. The third-order valence-electron chi connectivity index (χ3n) is 5.23. The van der Waals surface area contributed by atoms with Gasteiger partial charge in [-0.1, -0.05) is 33.6 Å². The van der Waals surface area contributed by atoms with E-state index in [9.17, 15) is 0 Å². The van der Waals surface area contributed by atoms with Gasteiger partial charge in [-0.2, -0.15) is 0 Å². The zero-order valence-electron chi connectivity index (χ0n) is 11.9. The Balaban J connectivity index is 1.97. The van der Waals surface area contributed by atoms with Crippen molar-refractivity contribution in [3.05, 3.63) is 0 Å². The Hall–Kier alpha value is -0.0800. The molecule has 2 fully saturated rings. The normalized spacial score (nSPS) is 33.7. The fourth-order valence-electron chi connectivity index (χ4n) is 3.55. The van der Waals surface area contributed by atoms with Crippen molar-refractivity contribution in [3.63, 3.8) is 0 Å². The standard InChI is InChI=1S/C15H30N2/c1-4-17(11-12-7-5-8-12)13-9-6-10-15(2,3)14(13)16/h12-14H,4-11,16H2,1-3H3. The van der Waals surface area contributed by atoms with Crippen LogP contribution < -0.4 is 5.73 Å². The van der Waals surface area contributed by atoms with Gasteiger partial charge in [0.15, 0.2) is 0 Å². The second kappa shape index (κ2) is 5.27. The Morgan fingerprint density at radius 1 is 1.18 bits per heavy atom. The van der Waals surface area contributed by atoms with Gasteiger partial charge in [0, 0.05) is 18.6 Å². The summed E-state index contributed by atoms with van der Waals surface area (Å²) >= 11 is 0. The highest BCUT2D eigenvalue weighted by Gasteiger charge is 2.39. The summed E-state index contributed by atoms with van der Waals surface area (Å²) in [5, 5.41) is 0. The summed E-state index contributed by atoms with van der Waals surface area (Å²) in [6.07, 6.45) is 8.30. The number of hydrogen-bond acceptors (Lipinski definition) is 2. The van der Waals surface area contributed by atoms with Crippen LogP contribution in [0.25, 0.3) is 0 Å². The second-order valence-corrected chi connectivity index (χ2v) is 6.86. The predicted molar refractivity (Wildman–Crippen MR) is 74.0 cm³/mol. The Labute approximate surface area is 107 Å².